The van der Waals surface area contributed by atoms with Gasteiger partial charge in [0, 0.05) is 0 Å². The standard InChI is InChI=1S/C5H10O5/c6-1-5(2-7,3-8)4(9)10/h6-8H,1-3H2,(H,9,10). The molecule has 0 aliphatic rings. The van der Waals surface area contributed by atoms with Gasteiger partial charge >= 0.3 is 5.97 Å². The van der Waals surface area contributed by atoms with Crippen molar-refractivity contribution in [3.8, 4) is 0 Å². The van der Waals surface area contributed by atoms with Gasteiger partial charge in [-0.15, -0.1) is 0 Å². The van der Waals surface area contributed by atoms with Gasteiger partial charge < -0.3 is 20.4 Å². The number of hydrogen-bond donors (Lipinski definition) is 4. The third-order valence-corrected chi connectivity index (χ3v) is 1.36. The molecule has 0 radical (unpaired) electrons. The molecule has 4 N–H and O–H groups in total. The van der Waals surface area contributed by atoms with Gasteiger partial charge in [0.15, 0.2) is 0 Å². The second-order valence-corrected chi connectivity index (χ2v) is 2.06. The van der Waals surface area contributed by atoms with Crippen molar-refractivity contribution in [2.75, 3.05) is 19.8 Å². The Bertz CT molecular complexity index is 109. The fourth-order valence-corrected chi connectivity index (χ4v) is 0.353. The summed E-state index contributed by atoms with van der Waals surface area (Å²) in [7, 11) is 0. The summed E-state index contributed by atoms with van der Waals surface area (Å²) in [6.45, 7) is -2.31. The first-order valence-electron chi connectivity index (χ1n) is 2.69. The van der Waals surface area contributed by atoms with E-state index in [9.17, 15) is 4.79 Å². The third kappa shape index (κ3) is 1.44. The molecular weight excluding hydrogens is 140 g/mol. The Labute approximate surface area is 57.5 Å². The van der Waals surface area contributed by atoms with Gasteiger partial charge in [-0.2, -0.15) is 0 Å². The van der Waals surface area contributed by atoms with Crippen molar-refractivity contribution in [3.63, 3.8) is 0 Å². The van der Waals surface area contributed by atoms with E-state index in [1.54, 1.807) is 0 Å². The summed E-state index contributed by atoms with van der Waals surface area (Å²) in [6.07, 6.45) is 0. The molecule has 0 aliphatic carbocycles. The molecule has 5 heteroatoms. The second-order valence-electron chi connectivity index (χ2n) is 2.06. The van der Waals surface area contributed by atoms with Crippen LogP contribution in [-0.4, -0.2) is 46.2 Å². The molecule has 0 heterocycles. The van der Waals surface area contributed by atoms with Crippen LogP contribution in [0.2, 0.25) is 0 Å². The van der Waals surface area contributed by atoms with Crippen molar-refractivity contribution >= 4 is 5.97 Å². The normalized spacial score (nSPS) is 11.5. The molecule has 0 atom stereocenters. The van der Waals surface area contributed by atoms with Crippen LogP contribution >= 0.6 is 0 Å². The van der Waals surface area contributed by atoms with E-state index in [1.807, 2.05) is 0 Å². The molecule has 10 heavy (non-hydrogen) atoms. The summed E-state index contributed by atoms with van der Waals surface area (Å²) < 4.78 is 0. The predicted octanol–water partition coefficient (Wildman–Crippen LogP) is -1.97. The van der Waals surface area contributed by atoms with Crippen LogP contribution in [0.25, 0.3) is 0 Å². The van der Waals surface area contributed by atoms with Crippen molar-refractivity contribution in [1.82, 2.24) is 0 Å². The SMILES string of the molecule is O=C(O)C(CO)(CO)CO. The minimum Gasteiger partial charge on any atom is -0.481 e. The van der Waals surface area contributed by atoms with E-state index in [0.29, 0.717) is 0 Å². The molecule has 0 bridgehead atoms. The van der Waals surface area contributed by atoms with Crippen molar-refractivity contribution < 1.29 is 25.2 Å². The Morgan fingerprint density at radius 3 is 1.40 bits per heavy atom. The van der Waals surface area contributed by atoms with Crippen LogP contribution in [-0.2, 0) is 4.79 Å². The Morgan fingerprint density at radius 2 is 1.40 bits per heavy atom. The van der Waals surface area contributed by atoms with Gasteiger partial charge in [0.05, 0.1) is 19.8 Å². The fraction of sp³-hybridized carbons (Fsp3) is 0.800. The number of hydrogen-bond acceptors (Lipinski definition) is 4. The molecule has 0 aliphatic heterocycles. The number of carboxylic acids is 1. The van der Waals surface area contributed by atoms with Gasteiger partial charge in [-0.05, 0) is 0 Å². The zero-order chi connectivity index (χ0) is 8.20. The molecular formula is C5H10O5. The molecule has 60 valence electrons. The number of carboxylic acid groups (broad SMARTS) is 1. The van der Waals surface area contributed by atoms with E-state index in [-0.39, 0.29) is 0 Å². The van der Waals surface area contributed by atoms with Gasteiger partial charge in [0.1, 0.15) is 5.41 Å². The highest BCUT2D eigenvalue weighted by Gasteiger charge is 2.36. The Kier molecular flexibility index (Phi) is 3.27. The van der Waals surface area contributed by atoms with E-state index >= 15 is 0 Å². The summed E-state index contributed by atoms with van der Waals surface area (Å²) in [6, 6.07) is 0. The Morgan fingerprint density at radius 1 is 1.10 bits per heavy atom. The quantitative estimate of drug-likeness (QED) is 0.373. The maximum absolute atomic E-state index is 10.2. The topological polar surface area (TPSA) is 98.0 Å². The van der Waals surface area contributed by atoms with E-state index in [1.165, 1.54) is 0 Å². The Balaban J connectivity index is 4.31. The molecule has 0 aromatic carbocycles. The second kappa shape index (κ2) is 3.50. The fourth-order valence-electron chi connectivity index (χ4n) is 0.353. The maximum atomic E-state index is 10.2. The minimum absolute atomic E-state index is 0.769. The number of aliphatic hydroxyl groups excluding tert-OH is 3. The van der Waals surface area contributed by atoms with Gasteiger partial charge in [-0.3, -0.25) is 4.79 Å². The van der Waals surface area contributed by atoms with E-state index in [2.05, 4.69) is 0 Å². The first-order chi connectivity index (χ1) is 4.63. The molecule has 5 nitrogen and oxygen atoms in total. The molecule has 0 unspecified atom stereocenters. The van der Waals surface area contributed by atoms with Crippen molar-refractivity contribution in [2.24, 2.45) is 5.41 Å². The summed E-state index contributed by atoms with van der Waals surface area (Å²) in [5, 5.41) is 33.7. The van der Waals surface area contributed by atoms with Crippen molar-refractivity contribution in [2.45, 2.75) is 0 Å². The monoisotopic (exact) mass is 150 g/mol. The van der Waals surface area contributed by atoms with Gasteiger partial charge in [-0.1, -0.05) is 0 Å². The molecule has 0 saturated carbocycles. The van der Waals surface area contributed by atoms with Crippen LogP contribution in [0.15, 0.2) is 0 Å². The first kappa shape index (κ1) is 9.35. The lowest BCUT2D eigenvalue weighted by Crippen LogP contribution is -2.41. The highest BCUT2D eigenvalue weighted by molar-refractivity contribution is 5.75. The van der Waals surface area contributed by atoms with Gasteiger partial charge in [0.25, 0.3) is 0 Å². The van der Waals surface area contributed by atoms with E-state index in [4.69, 9.17) is 20.4 Å². The molecule has 0 aromatic rings. The Hall–Kier alpha value is -0.650. The van der Waals surface area contributed by atoms with Gasteiger partial charge in [-0.25, -0.2) is 0 Å². The first-order valence-corrected chi connectivity index (χ1v) is 2.69. The molecule has 0 fully saturated rings. The lowest BCUT2D eigenvalue weighted by Gasteiger charge is -2.20. The highest BCUT2D eigenvalue weighted by atomic mass is 16.4. The largest absolute Gasteiger partial charge is 0.481 e. The molecule has 0 aromatic heterocycles. The predicted molar refractivity (Wildman–Crippen MR) is 31.3 cm³/mol. The maximum Gasteiger partial charge on any atom is 0.316 e. The third-order valence-electron chi connectivity index (χ3n) is 1.36. The number of rotatable bonds is 4. The highest BCUT2D eigenvalue weighted by Crippen LogP contribution is 2.13. The summed E-state index contributed by atoms with van der Waals surface area (Å²) in [5.74, 6) is -1.40. The number of carbonyl (C=O) groups is 1. The van der Waals surface area contributed by atoms with Gasteiger partial charge in [0.2, 0.25) is 0 Å². The van der Waals surface area contributed by atoms with Crippen LogP contribution in [0.3, 0.4) is 0 Å². The summed E-state index contributed by atoms with van der Waals surface area (Å²) in [5.41, 5.74) is -1.79. The number of aliphatic carboxylic acids is 1. The van der Waals surface area contributed by atoms with Crippen molar-refractivity contribution in [1.29, 1.82) is 0 Å². The zero-order valence-electron chi connectivity index (χ0n) is 5.32. The van der Waals surface area contributed by atoms with Crippen molar-refractivity contribution in [3.05, 3.63) is 0 Å². The smallest absolute Gasteiger partial charge is 0.316 e. The van der Waals surface area contributed by atoms with E-state index < -0.39 is 31.2 Å². The number of aliphatic hydroxyl groups is 3. The lowest BCUT2D eigenvalue weighted by atomic mass is 9.92. The average molecular weight is 150 g/mol. The lowest BCUT2D eigenvalue weighted by molar-refractivity contribution is -0.158. The zero-order valence-corrected chi connectivity index (χ0v) is 5.32. The molecule has 0 saturated heterocycles. The van der Waals surface area contributed by atoms with Crippen LogP contribution in [0.4, 0.5) is 0 Å². The molecule has 0 amide bonds. The molecule has 0 spiro atoms. The molecule has 0 rings (SSSR count). The summed E-state index contributed by atoms with van der Waals surface area (Å²) in [4.78, 5) is 10.2. The average Bonchev–Trinajstić information content (AvgIpc) is 1.92. The summed E-state index contributed by atoms with van der Waals surface area (Å²) >= 11 is 0. The van der Waals surface area contributed by atoms with Crippen LogP contribution in [0, 0.1) is 5.41 Å². The minimum atomic E-state index is -1.79. The van der Waals surface area contributed by atoms with Crippen LogP contribution < -0.4 is 0 Å². The van der Waals surface area contributed by atoms with E-state index in [0.717, 1.165) is 0 Å². The van der Waals surface area contributed by atoms with Crippen LogP contribution in [0.5, 0.6) is 0 Å². The van der Waals surface area contributed by atoms with Crippen LogP contribution in [0.1, 0.15) is 0 Å².